The van der Waals surface area contributed by atoms with Gasteiger partial charge in [-0.25, -0.2) is 8.42 Å². The monoisotopic (exact) mass is 429 g/mol. The summed E-state index contributed by atoms with van der Waals surface area (Å²) in [5.41, 5.74) is 3.06. The Bertz CT molecular complexity index is 1030. The molecule has 1 aliphatic rings. The van der Waals surface area contributed by atoms with Crippen LogP contribution in [0.4, 0.5) is 11.4 Å². The second-order valence-electron chi connectivity index (χ2n) is 7.82. The highest BCUT2D eigenvalue weighted by Crippen LogP contribution is 2.35. The van der Waals surface area contributed by atoms with Crippen LogP contribution in [0.1, 0.15) is 35.2 Å². The van der Waals surface area contributed by atoms with Crippen LogP contribution in [0.15, 0.2) is 48.5 Å². The number of likely N-dealkylation sites (N-methyl/N-ethyl adjacent to an activating group) is 1. The Kier molecular flexibility index (Phi) is 6.58. The maximum Gasteiger partial charge on any atom is 0.229 e. The van der Waals surface area contributed by atoms with Crippen molar-refractivity contribution >= 4 is 33.1 Å². The van der Waals surface area contributed by atoms with Crippen molar-refractivity contribution in [1.82, 2.24) is 4.90 Å². The number of hydrogen-bond donors (Lipinski definition) is 1. The first kappa shape index (κ1) is 22.0. The number of carbonyl (C=O) groups is 2. The van der Waals surface area contributed by atoms with E-state index in [1.54, 1.807) is 24.3 Å². The Balaban J connectivity index is 1.58. The van der Waals surface area contributed by atoms with E-state index in [1.807, 2.05) is 35.0 Å². The SMILES string of the molecule is CC1CC(=O)N(CCN(C)CC(=O)c2ccc(NS(C)(=O)=O)cc2)c2ccccc21. The van der Waals surface area contributed by atoms with E-state index in [0.717, 1.165) is 11.9 Å². The molecule has 1 amide bonds. The van der Waals surface area contributed by atoms with Gasteiger partial charge in [-0.2, -0.15) is 0 Å². The van der Waals surface area contributed by atoms with Crippen LogP contribution in [0.5, 0.6) is 0 Å². The molecular formula is C22H27N3O4S. The van der Waals surface area contributed by atoms with Crippen LogP contribution in [0.2, 0.25) is 0 Å². The Hall–Kier alpha value is -2.71. The molecule has 0 saturated carbocycles. The molecule has 2 aromatic rings. The lowest BCUT2D eigenvalue weighted by atomic mass is 9.91. The van der Waals surface area contributed by atoms with Crippen LogP contribution >= 0.6 is 0 Å². The molecule has 1 unspecified atom stereocenters. The van der Waals surface area contributed by atoms with Gasteiger partial charge in [0, 0.05) is 36.4 Å². The maximum atomic E-state index is 12.5. The van der Waals surface area contributed by atoms with Gasteiger partial charge in [0.1, 0.15) is 0 Å². The normalized spacial score (nSPS) is 16.5. The Morgan fingerprint density at radius 2 is 1.83 bits per heavy atom. The number of sulfonamides is 1. The van der Waals surface area contributed by atoms with E-state index < -0.39 is 10.0 Å². The third-order valence-electron chi connectivity index (χ3n) is 5.17. The number of nitrogens with zero attached hydrogens (tertiary/aromatic N) is 2. The van der Waals surface area contributed by atoms with E-state index in [1.165, 1.54) is 5.56 Å². The summed E-state index contributed by atoms with van der Waals surface area (Å²) in [4.78, 5) is 28.8. The third-order valence-corrected chi connectivity index (χ3v) is 5.78. The molecule has 2 aromatic carbocycles. The predicted molar refractivity (Wildman–Crippen MR) is 119 cm³/mol. The Morgan fingerprint density at radius 3 is 2.50 bits per heavy atom. The zero-order valence-electron chi connectivity index (χ0n) is 17.5. The van der Waals surface area contributed by atoms with Crippen LogP contribution in [0, 0.1) is 0 Å². The fourth-order valence-electron chi connectivity index (χ4n) is 3.64. The van der Waals surface area contributed by atoms with Crippen molar-refractivity contribution in [2.75, 3.05) is 42.6 Å². The number of anilines is 2. The van der Waals surface area contributed by atoms with E-state index >= 15 is 0 Å². The van der Waals surface area contributed by atoms with E-state index in [9.17, 15) is 18.0 Å². The summed E-state index contributed by atoms with van der Waals surface area (Å²) in [5.74, 6) is 0.252. The van der Waals surface area contributed by atoms with E-state index in [0.29, 0.717) is 30.8 Å². The van der Waals surface area contributed by atoms with Crippen molar-refractivity contribution in [2.45, 2.75) is 19.3 Å². The number of benzene rings is 2. The number of para-hydroxylation sites is 1. The lowest BCUT2D eigenvalue weighted by Gasteiger charge is -2.33. The summed E-state index contributed by atoms with van der Waals surface area (Å²) in [5, 5.41) is 0. The molecule has 0 fully saturated rings. The summed E-state index contributed by atoms with van der Waals surface area (Å²) >= 11 is 0. The molecule has 160 valence electrons. The van der Waals surface area contributed by atoms with E-state index in [-0.39, 0.29) is 24.2 Å². The first-order valence-corrected chi connectivity index (χ1v) is 11.7. The molecule has 0 saturated heterocycles. The van der Waals surface area contributed by atoms with Gasteiger partial charge in [0.25, 0.3) is 0 Å². The molecule has 0 bridgehead atoms. The fourth-order valence-corrected chi connectivity index (χ4v) is 4.20. The molecule has 7 nitrogen and oxygen atoms in total. The smallest absolute Gasteiger partial charge is 0.229 e. The van der Waals surface area contributed by atoms with Crippen LogP contribution in [0.25, 0.3) is 0 Å². The van der Waals surface area contributed by atoms with Crippen molar-refractivity contribution in [2.24, 2.45) is 0 Å². The largest absolute Gasteiger partial charge is 0.311 e. The van der Waals surface area contributed by atoms with Gasteiger partial charge < -0.3 is 4.90 Å². The standard InChI is InChI=1S/C22H27N3O4S/c1-16-14-22(27)25(20-7-5-4-6-19(16)20)13-12-24(2)15-21(26)17-8-10-18(11-9-17)23-30(3,28)29/h4-11,16,23H,12-15H2,1-3H3. The summed E-state index contributed by atoms with van der Waals surface area (Å²) in [6.45, 7) is 3.35. The lowest BCUT2D eigenvalue weighted by molar-refractivity contribution is -0.119. The summed E-state index contributed by atoms with van der Waals surface area (Å²) < 4.78 is 24.9. The summed E-state index contributed by atoms with van der Waals surface area (Å²) in [7, 11) is -1.50. The van der Waals surface area contributed by atoms with Crippen LogP contribution in [-0.4, -0.2) is 57.9 Å². The van der Waals surface area contributed by atoms with E-state index in [2.05, 4.69) is 17.7 Å². The zero-order valence-corrected chi connectivity index (χ0v) is 18.3. The molecule has 3 rings (SSSR count). The quantitative estimate of drug-likeness (QED) is 0.652. The van der Waals surface area contributed by atoms with Crippen molar-refractivity contribution in [3.63, 3.8) is 0 Å². The van der Waals surface area contributed by atoms with Crippen molar-refractivity contribution in [3.8, 4) is 0 Å². The number of fused-ring (bicyclic) bond motifs is 1. The van der Waals surface area contributed by atoms with Gasteiger partial charge in [-0.3, -0.25) is 19.2 Å². The molecule has 0 aliphatic carbocycles. The Morgan fingerprint density at radius 1 is 1.17 bits per heavy atom. The first-order valence-electron chi connectivity index (χ1n) is 9.83. The second-order valence-corrected chi connectivity index (χ2v) is 9.57. The minimum Gasteiger partial charge on any atom is -0.311 e. The van der Waals surface area contributed by atoms with Crippen LogP contribution < -0.4 is 9.62 Å². The van der Waals surface area contributed by atoms with Crippen molar-refractivity contribution < 1.29 is 18.0 Å². The molecule has 30 heavy (non-hydrogen) atoms. The highest BCUT2D eigenvalue weighted by Gasteiger charge is 2.28. The Labute approximate surface area is 177 Å². The number of carbonyl (C=O) groups excluding carboxylic acids is 2. The second kappa shape index (κ2) is 8.97. The molecule has 1 heterocycles. The maximum absolute atomic E-state index is 12.5. The number of nitrogens with one attached hydrogen (secondary N) is 1. The number of ketones is 1. The number of hydrogen-bond acceptors (Lipinski definition) is 5. The van der Waals surface area contributed by atoms with Gasteiger partial charge in [0.15, 0.2) is 5.78 Å². The van der Waals surface area contributed by atoms with Gasteiger partial charge >= 0.3 is 0 Å². The zero-order chi connectivity index (χ0) is 21.9. The summed E-state index contributed by atoms with van der Waals surface area (Å²) in [6.07, 6.45) is 1.57. The van der Waals surface area contributed by atoms with Gasteiger partial charge in [0.2, 0.25) is 15.9 Å². The summed E-state index contributed by atoms with van der Waals surface area (Å²) in [6, 6.07) is 14.3. The average Bonchev–Trinajstić information content (AvgIpc) is 2.67. The van der Waals surface area contributed by atoms with Gasteiger partial charge in [-0.1, -0.05) is 25.1 Å². The van der Waals surface area contributed by atoms with E-state index in [4.69, 9.17) is 0 Å². The van der Waals surface area contributed by atoms with Crippen LogP contribution in [0.3, 0.4) is 0 Å². The first-order chi connectivity index (χ1) is 14.1. The highest BCUT2D eigenvalue weighted by atomic mass is 32.2. The molecule has 8 heteroatoms. The highest BCUT2D eigenvalue weighted by molar-refractivity contribution is 7.92. The number of rotatable bonds is 8. The van der Waals surface area contributed by atoms with Crippen LogP contribution in [-0.2, 0) is 14.8 Å². The number of Topliss-reactive ketones (excluding diaryl/α,β-unsaturated/α-hetero) is 1. The number of amides is 1. The molecule has 1 atom stereocenters. The molecule has 1 N–H and O–H groups in total. The van der Waals surface area contributed by atoms with Crippen molar-refractivity contribution in [1.29, 1.82) is 0 Å². The fraction of sp³-hybridized carbons (Fsp3) is 0.364. The molecule has 0 aromatic heterocycles. The van der Waals surface area contributed by atoms with Gasteiger partial charge in [0.05, 0.1) is 12.8 Å². The molecule has 0 spiro atoms. The predicted octanol–water partition coefficient (Wildman–Crippen LogP) is 2.71. The lowest BCUT2D eigenvalue weighted by Crippen LogP contribution is -2.41. The molecular weight excluding hydrogens is 402 g/mol. The minimum absolute atomic E-state index is 0.0672. The van der Waals surface area contributed by atoms with Gasteiger partial charge in [-0.15, -0.1) is 0 Å². The minimum atomic E-state index is -3.35. The third kappa shape index (κ3) is 5.46. The van der Waals surface area contributed by atoms with Crippen molar-refractivity contribution in [3.05, 3.63) is 59.7 Å². The average molecular weight is 430 g/mol. The molecule has 0 radical (unpaired) electrons. The topological polar surface area (TPSA) is 86.8 Å². The molecule has 1 aliphatic heterocycles. The van der Waals surface area contributed by atoms with Gasteiger partial charge in [-0.05, 0) is 48.9 Å².